The van der Waals surface area contributed by atoms with Gasteiger partial charge < -0.3 is 10.4 Å². The fraction of sp³-hybridized carbons (Fsp3) is 0.286. The first-order valence-electron chi connectivity index (χ1n) is 6.01. The van der Waals surface area contributed by atoms with E-state index < -0.39 is 11.5 Å². The average molecular weight is 324 g/mol. The van der Waals surface area contributed by atoms with Gasteiger partial charge in [-0.3, -0.25) is 4.79 Å². The molecule has 2 rings (SSSR count). The summed E-state index contributed by atoms with van der Waals surface area (Å²) in [5.41, 5.74) is -0.180. The summed E-state index contributed by atoms with van der Waals surface area (Å²) in [4.78, 5) is 22.9. The van der Waals surface area contributed by atoms with Crippen LogP contribution in [-0.2, 0) is 9.59 Å². The highest BCUT2D eigenvalue weighted by Crippen LogP contribution is 2.31. The van der Waals surface area contributed by atoms with Crippen molar-refractivity contribution in [2.75, 3.05) is 0 Å². The van der Waals surface area contributed by atoms with Crippen molar-refractivity contribution in [2.45, 2.75) is 24.8 Å². The zero-order valence-electron chi connectivity index (χ0n) is 10.2. The second-order valence-electron chi connectivity index (χ2n) is 4.62. The van der Waals surface area contributed by atoms with Gasteiger partial charge in [0.15, 0.2) is 0 Å². The van der Waals surface area contributed by atoms with Gasteiger partial charge in [0.05, 0.1) is 0 Å². The molecule has 0 aliphatic heterocycles. The van der Waals surface area contributed by atoms with E-state index in [-0.39, 0.29) is 5.91 Å². The molecule has 0 saturated heterocycles. The number of aliphatic carboxylic acids is 1. The van der Waals surface area contributed by atoms with E-state index in [4.69, 9.17) is 5.11 Å². The molecule has 0 spiro atoms. The van der Waals surface area contributed by atoms with Gasteiger partial charge in [0.25, 0.3) is 0 Å². The van der Waals surface area contributed by atoms with Gasteiger partial charge in [-0.05, 0) is 43.0 Å². The summed E-state index contributed by atoms with van der Waals surface area (Å²) in [7, 11) is 0. The molecule has 5 heteroatoms. The Morgan fingerprint density at radius 1 is 1.37 bits per heavy atom. The predicted octanol–water partition coefficient (Wildman–Crippen LogP) is 2.59. The lowest BCUT2D eigenvalue weighted by Gasteiger charge is -2.37. The van der Waals surface area contributed by atoms with Gasteiger partial charge in [-0.2, -0.15) is 0 Å². The van der Waals surface area contributed by atoms with Crippen molar-refractivity contribution in [3.05, 3.63) is 40.4 Å². The number of benzene rings is 1. The molecule has 1 fully saturated rings. The highest BCUT2D eigenvalue weighted by atomic mass is 79.9. The Kier molecular flexibility index (Phi) is 4.04. The van der Waals surface area contributed by atoms with Gasteiger partial charge in [0.1, 0.15) is 5.54 Å². The number of halogens is 1. The molecule has 100 valence electrons. The third kappa shape index (κ3) is 3.23. The van der Waals surface area contributed by atoms with Crippen LogP contribution in [-0.4, -0.2) is 22.5 Å². The maximum Gasteiger partial charge on any atom is 0.329 e. The fourth-order valence-electron chi connectivity index (χ4n) is 1.98. The molecule has 0 radical (unpaired) electrons. The van der Waals surface area contributed by atoms with Gasteiger partial charge in [0.2, 0.25) is 5.91 Å². The third-order valence-corrected chi connectivity index (χ3v) is 3.75. The van der Waals surface area contributed by atoms with Crippen LogP contribution in [0.15, 0.2) is 34.8 Å². The number of carboxylic acid groups (broad SMARTS) is 1. The van der Waals surface area contributed by atoms with Crippen LogP contribution in [0.2, 0.25) is 0 Å². The molecule has 2 N–H and O–H groups in total. The summed E-state index contributed by atoms with van der Waals surface area (Å²) < 4.78 is 0.927. The first-order chi connectivity index (χ1) is 9.02. The summed E-state index contributed by atoms with van der Waals surface area (Å²) >= 11 is 3.35. The highest BCUT2D eigenvalue weighted by molar-refractivity contribution is 9.10. The fourth-order valence-corrected chi connectivity index (χ4v) is 2.40. The normalized spacial score (nSPS) is 16.9. The number of rotatable bonds is 4. The molecule has 1 amide bonds. The number of amides is 1. The molecule has 1 aromatic rings. The minimum Gasteiger partial charge on any atom is -0.480 e. The number of nitrogens with one attached hydrogen (secondary N) is 1. The Hall–Kier alpha value is -1.62. The minimum atomic E-state index is -1.06. The van der Waals surface area contributed by atoms with Gasteiger partial charge in [-0.15, -0.1) is 0 Å². The molecule has 0 bridgehead atoms. The smallest absolute Gasteiger partial charge is 0.329 e. The zero-order valence-corrected chi connectivity index (χ0v) is 11.8. The molecule has 0 heterocycles. The van der Waals surface area contributed by atoms with Crippen molar-refractivity contribution in [1.82, 2.24) is 5.32 Å². The van der Waals surface area contributed by atoms with Gasteiger partial charge >= 0.3 is 5.97 Å². The van der Waals surface area contributed by atoms with Crippen molar-refractivity contribution < 1.29 is 14.7 Å². The van der Waals surface area contributed by atoms with Gasteiger partial charge in [0, 0.05) is 10.5 Å². The molecular formula is C14H14BrNO3. The number of carboxylic acids is 1. The first-order valence-corrected chi connectivity index (χ1v) is 6.80. The van der Waals surface area contributed by atoms with E-state index >= 15 is 0 Å². The molecule has 0 unspecified atom stereocenters. The van der Waals surface area contributed by atoms with Crippen molar-refractivity contribution in [1.29, 1.82) is 0 Å². The Bertz CT molecular complexity index is 535. The SMILES string of the molecule is O=C(/C=C/c1cccc(Br)c1)NC1(C(=O)O)CCC1. The van der Waals surface area contributed by atoms with Crippen LogP contribution in [0.1, 0.15) is 24.8 Å². The maximum atomic E-state index is 11.7. The summed E-state index contributed by atoms with van der Waals surface area (Å²) in [6.45, 7) is 0. The Morgan fingerprint density at radius 2 is 2.11 bits per heavy atom. The molecule has 1 saturated carbocycles. The molecule has 0 aromatic heterocycles. The average Bonchev–Trinajstić information content (AvgIpc) is 2.31. The van der Waals surface area contributed by atoms with Crippen molar-refractivity contribution >= 4 is 33.9 Å². The predicted molar refractivity (Wildman–Crippen MR) is 75.5 cm³/mol. The lowest BCUT2D eigenvalue weighted by Crippen LogP contribution is -2.58. The molecule has 1 aliphatic rings. The van der Waals surface area contributed by atoms with E-state index in [0.717, 1.165) is 16.5 Å². The van der Waals surface area contributed by atoms with E-state index in [1.54, 1.807) is 6.08 Å². The van der Waals surface area contributed by atoms with Crippen molar-refractivity contribution in [2.24, 2.45) is 0 Å². The standard InChI is InChI=1S/C14H14BrNO3/c15-11-4-1-3-10(9-11)5-6-12(17)16-14(13(18)19)7-2-8-14/h1,3-6,9H,2,7-8H2,(H,16,17)(H,18,19)/b6-5+. The highest BCUT2D eigenvalue weighted by Gasteiger charge is 2.45. The number of carbonyl (C=O) groups is 2. The van der Waals surface area contributed by atoms with E-state index in [2.05, 4.69) is 21.2 Å². The summed E-state index contributed by atoms with van der Waals surface area (Å²) in [6, 6.07) is 7.50. The number of hydrogen-bond acceptors (Lipinski definition) is 2. The monoisotopic (exact) mass is 323 g/mol. The Balaban J connectivity index is 2.00. The lowest BCUT2D eigenvalue weighted by atomic mass is 9.77. The maximum absolute atomic E-state index is 11.7. The molecular weight excluding hydrogens is 310 g/mol. The Morgan fingerprint density at radius 3 is 2.63 bits per heavy atom. The van der Waals surface area contributed by atoms with Crippen LogP contribution in [0.25, 0.3) is 6.08 Å². The van der Waals surface area contributed by atoms with Crippen LogP contribution in [0.5, 0.6) is 0 Å². The largest absolute Gasteiger partial charge is 0.480 e. The summed E-state index contributed by atoms with van der Waals surface area (Å²) in [5, 5.41) is 11.7. The van der Waals surface area contributed by atoms with Crippen molar-refractivity contribution in [3.8, 4) is 0 Å². The van der Waals surface area contributed by atoms with Crippen LogP contribution < -0.4 is 5.32 Å². The summed E-state index contributed by atoms with van der Waals surface area (Å²) in [5.74, 6) is -1.33. The van der Waals surface area contributed by atoms with E-state index in [9.17, 15) is 9.59 Å². The van der Waals surface area contributed by atoms with E-state index in [0.29, 0.717) is 12.8 Å². The Labute approximate surface area is 119 Å². The minimum absolute atomic E-state index is 0.373. The van der Waals surface area contributed by atoms with Crippen LogP contribution in [0.4, 0.5) is 0 Å². The molecule has 19 heavy (non-hydrogen) atoms. The van der Waals surface area contributed by atoms with E-state index in [1.807, 2.05) is 24.3 Å². The summed E-state index contributed by atoms with van der Waals surface area (Å²) in [6.07, 6.45) is 4.86. The zero-order chi connectivity index (χ0) is 13.9. The number of carbonyl (C=O) groups excluding carboxylic acids is 1. The van der Waals surface area contributed by atoms with Crippen molar-refractivity contribution in [3.63, 3.8) is 0 Å². The first kappa shape index (κ1) is 13.8. The van der Waals surface area contributed by atoms with Crippen LogP contribution in [0.3, 0.4) is 0 Å². The van der Waals surface area contributed by atoms with Crippen LogP contribution in [0, 0.1) is 0 Å². The second-order valence-corrected chi connectivity index (χ2v) is 5.53. The molecule has 4 nitrogen and oxygen atoms in total. The van der Waals surface area contributed by atoms with Crippen LogP contribution >= 0.6 is 15.9 Å². The quantitative estimate of drug-likeness (QED) is 0.837. The molecule has 1 aliphatic carbocycles. The number of hydrogen-bond donors (Lipinski definition) is 2. The van der Waals surface area contributed by atoms with Gasteiger partial charge in [-0.25, -0.2) is 4.79 Å². The van der Waals surface area contributed by atoms with Gasteiger partial charge in [-0.1, -0.05) is 28.1 Å². The second kappa shape index (κ2) is 5.57. The molecule has 1 aromatic carbocycles. The van der Waals surface area contributed by atoms with E-state index in [1.165, 1.54) is 6.08 Å². The third-order valence-electron chi connectivity index (χ3n) is 3.25. The topological polar surface area (TPSA) is 66.4 Å². The molecule has 0 atom stereocenters. The lowest BCUT2D eigenvalue weighted by molar-refractivity contribution is -0.151.